The summed E-state index contributed by atoms with van der Waals surface area (Å²) in [5.41, 5.74) is 1.47. The van der Waals surface area contributed by atoms with Gasteiger partial charge in [0.25, 0.3) is 5.91 Å². The first kappa shape index (κ1) is 16.1. The van der Waals surface area contributed by atoms with Crippen LogP contribution >= 0.6 is 15.9 Å². The maximum atomic E-state index is 12.7. The Labute approximate surface area is 133 Å². The fraction of sp³-hybridized carbons (Fsp3) is 0.400. The van der Waals surface area contributed by atoms with Gasteiger partial charge in [-0.15, -0.1) is 6.42 Å². The molecule has 1 unspecified atom stereocenters. The second-order valence-corrected chi connectivity index (χ2v) is 8.36. The van der Waals surface area contributed by atoms with Crippen molar-refractivity contribution in [3.63, 3.8) is 0 Å². The molecule has 0 radical (unpaired) electrons. The van der Waals surface area contributed by atoms with Gasteiger partial charge in [0.1, 0.15) is 0 Å². The lowest BCUT2D eigenvalue weighted by Gasteiger charge is -2.26. The first-order valence-electron chi connectivity index (χ1n) is 6.54. The van der Waals surface area contributed by atoms with E-state index in [-0.39, 0.29) is 30.0 Å². The normalized spacial score (nSPS) is 20.0. The number of sulfone groups is 1. The van der Waals surface area contributed by atoms with Crippen molar-refractivity contribution < 1.29 is 13.2 Å². The second-order valence-electron chi connectivity index (χ2n) is 5.21. The van der Waals surface area contributed by atoms with E-state index in [0.717, 1.165) is 10.0 Å². The Balaban J connectivity index is 2.30. The van der Waals surface area contributed by atoms with Crippen molar-refractivity contribution in [3.05, 3.63) is 33.8 Å². The summed E-state index contributed by atoms with van der Waals surface area (Å²) in [6, 6.07) is 5.07. The zero-order chi connectivity index (χ0) is 15.6. The van der Waals surface area contributed by atoms with Crippen LogP contribution in [0.4, 0.5) is 0 Å². The summed E-state index contributed by atoms with van der Waals surface area (Å²) < 4.78 is 24.1. The molecule has 112 valence electrons. The Morgan fingerprint density at radius 2 is 2.19 bits per heavy atom. The number of nitrogens with zero attached hydrogens (tertiary/aromatic N) is 1. The van der Waals surface area contributed by atoms with Crippen LogP contribution in [0.2, 0.25) is 0 Å². The molecule has 1 saturated heterocycles. The van der Waals surface area contributed by atoms with E-state index in [1.54, 1.807) is 12.1 Å². The third-order valence-electron chi connectivity index (χ3n) is 3.46. The third kappa shape index (κ3) is 3.86. The predicted octanol–water partition coefficient (Wildman–Crippen LogP) is 2.02. The van der Waals surface area contributed by atoms with Gasteiger partial charge in [-0.1, -0.05) is 21.9 Å². The Morgan fingerprint density at radius 1 is 1.48 bits per heavy atom. The summed E-state index contributed by atoms with van der Waals surface area (Å²) >= 11 is 3.36. The second kappa shape index (κ2) is 6.20. The van der Waals surface area contributed by atoms with E-state index in [1.807, 2.05) is 13.0 Å². The summed E-state index contributed by atoms with van der Waals surface area (Å²) in [6.45, 7) is 2.01. The SMILES string of the molecule is C#CCN(C(=O)c1cc(C)cc(Br)c1)C1CCS(=O)(=O)C1. The van der Waals surface area contributed by atoms with Gasteiger partial charge in [-0.05, 0) is 37.1 Å². The van der Waals surface area contributed by atoms with Gasteiger partial charge in [0, 0.05) is 16.1 Å². The van der Waals surface area contributed by atoms with Crippen LogP contribution < -0.4 is 0 Å². The maximum Gasteiger partial charge on any atom is 0.254 e. The number of aryl methyl sites for hydroxylation is 1. The van der Waals surface area contributed by atoms with Gasteiger partial charge in [0.2, 0.25) is 0 Å². The van der Waals surface area contributed by atoms with Crippen molar-refractivity contribution in [2.24, 2.45) is 0 Å². The lowest BCUT2D eigenvalue weighted by atomic mass is 10.1. The van der Waals surface area contributed by atoms with Crippen LogP contribution in [0.5, 0.6) is 0 Å². The Morgan fingerprint density at radius 3 is 2.71 bits per heavy atom. The highest BCUT2D eigenvalue weighted by Crippen LogP contribution is 2.22. The molecule has 2 rings (SSSR count). The number of benzene rings is 1. The fourth-order valence-corrected chi connectivity index (χ4v) is 4.85. The Bertz CT molecular complexity index is 686. The van der Waals surface area contributed by atoms with E-state index in [0.29, 0.717) is 12.0 Å². The summed E-state index contributed by atoms with van der Waals surface area (Å²) in [5, 5.41) is 0. The molecule has 21 heavy (non-hydrogen) atoms. The Kier molecular flexibility index (Phi) is 4.74. The van der Waals surface area contributed by atoms with Crippen LogP contribution in [0.15, 0.2) is 22.7 Å². The molecule has 6 heteroatoms. The van der Waals surface area contributed by atoms with Crippen LogP contribution in [-0.2, 0) is 9.84 Å². The lowest BCUT2D eigenvalue weighted by molar-refractivity contribution is 0.0724. The van der Waals surface area contributed by atoms with Crippen LogP contribution in [-0.4, -0.2) is 43.3 Å². The molecule has 1 heterocycles. The van der Waals surface area contributed by atoms with Gasteiger partial charge in [0.15, 0.2) is 9.84 Å². The van der Waals surface area contributed by atoms with Crippen LogP contribution in [0.3, 0.4) is 0 Å². The van der Waals surface area contributed by atoms with Crippen molar-refractivity contribution in [2.45, 2.75) is 19.4 Å². The molecule has 1 aliphatic heterocycles. The number of terminal acetylenes is 1. The molecule has 0 aliphatic carbocycles. The maximum absolute atomic E-state index is 12.7. The summed E-state index contributed by atoms with van der Waals surface area (Å²) in [7, 11) is -3.06. The smallest absolute Gasteiger partial charge is 0.254 e. The molecule has 0 aromatic heterocycles. The van der Waals surface area contributed by atoms with Gasteiger partial charge < -0.3 is 4.90 Å². The topological polar surface area (TPSA) is 54.5 Å². The minimum Gasteiger partial charge on any atom is -0.323 e. The minimum absolute atomic E-state index is 0.00654. The first-order chi connectivity index (χ1) is 9.82. The highest BCUT2D eigenvalue weighted by atomic mass is 79.9. The minimum atomic E-state index is -3.06. The quantitative estimate of drug-likeness (QED) is 0.765. The van der Waals surface area contributed by atoms with Crippen molar-refractivity contribution in [3.8, 4) is 12.3 Å². The molecule has 0 spiro atoms. The summed E-state index contributed by atoms with van der Waals surface area (Å²) in [4.78, 5) is 14.1. The van der Waals surface area contributed by atoms with Crippen LogP contribution in [0, 0.1) is 19.3 Å². The molecule has 0 N–H and O–H groups in total. The van der Waals surface area contributed by atoms with Gasteiger partial charge >= 0.3 is 0 Å². The monoisotopic (exact) mass is 369 g/mol. The summed E-state index contributed by atoms with van der Waals surface area (Å²) in [6.07, 6.45) is 5.78. The average Bonchev–Trinajstić information content (AvgIpc) is 2.74. The van der Waals surface area contributed by atoms with Gasteiger partial charge in [-0.2, -0.15) is 0 Å². The standard InChI is InChI=1S/C15H16BrNO3S/c1-3-5-17(14-4-6-21(19,20)10-14)15(18)12-7-11(2)8-13(16)9-12/h1,7-9,14H,4-6,10H2,2H3. The number of rotatable bonds is 3. The Hall–Kier alpha value is -1.32. The number of halogens is 1. The van der Waals surface area contributed by atoms with Gasteiger partial charge in [-0.25, -0.2) is 8.42 Å². The molecule has 1 aromatic carbocycles. The molecular formula is C15H16BrNO3S. The van der Waals surface area contributed by atoms with E-state index >= 15 is 0 Å². The van der Waals surface area contributed by atoms with Crippen molar-refractivity contribution in [2.75, 3.05) is 18.1 Å². The molecule has 1 amide bonds. The predicted molar refractivity (Wildman–Crippen MR) is 85.8 cm³/mol. The number of hydrogen-bond acceptors (Lipinski definition) is 3. The van der Waals surface area contributed by atoms with E-state index in [2.05, 4.69) is 21.9 Å². The number of amides is 1. The molecular weight excluding hydrogens is 354 g/mol. The zero-order valence-corrected chi connectivity index (χ0v) is 14.1. The van der Waals surface area contributed by atoms with Gasteiger partial charge in [0.05, 0.1) is 18.1 Å². The first-order valence-corrected chi connectivity index (χ1v) is 9.16. The molecule has 1 atom stereocenters. The highest BCUT2D eigenvalue weighted by Gasteiger charge is 2.34. The molecule has 1 aromatic rings. The van der Waals surface area contributed by atoms with E-state index in [4.69, 9.17) is 6.42 Å². The zero-order valence-electron chi connectivity index (χ0n) is 11.7. The van der Waals surface area contributed by atoms with Crippen LogP contribution in [0.25, 0.3) is 0 Å². The summed E-state index contributed by atoms with van der Waals surface area (Å²) in [5.74, 6) is 2.34. The number of carbonyl (C=O) groups is 1. The van der Waals surface area contributed by atoms with E-state index < -0.39 is 9.84 Å². The van der Waals surface area contributed by atoms with Crippen LogP contribution in [0.1, 0.15) is 22.3 Å². The third-order valence-corrected chi connectivity index (χ3v) is 5.67. The number of carbonyl (C=O) groups excluding carboxylic acids is 1. The highest BCUT2D eigenvalue weighted by molar-refractivity contribution is 9.10. The van der Waals surface area contributed by atoms with E-state index in [9.17, 15) is 13.2 Å². The van der Waals surface area contributed by atoms with Crippen molar-refractivity contribution >= 4 is 31.7 Å². The molecule has 1 aliphatic rings. The van der Waals surface area contributed by atoms with Crippen molar-refractivity contribution in [1.29, 1.82) is 0 Å². The number of hydrogen-bond donors (Lipinski definition) is 0. The molecule has 1 fully saturated rings. The largest absolute Gasteiger partial charge is 0.323 e. The van der Waals surface area contributed by atoms with Gasteiger partial charge in [-0.3, -0.25) is 4.79 Å². The fourth-order valence-electron chi connectivity index (χ4n) is 2.51. The lowest BCUT2D eigenvalue weighted by Crippen LogP contribution is -2.41. The van der Waals surface area contributed by atoms with E-state index in [1.165, 1.54) is 4.90 Å². The molecule has 0 saturated carbocycles. The molecule has 0 bridgehead atoms. The average molecular weight is 370 g/mol. The van der Waals surface area contributed by atoms with Crippen molar-refractivity contribution in [1.82, 2.24) is 4.90 Å². The molecule has 4 nitrogen and oxygen atoms in total.